The third kappa shape index (κ3) is 2.92. The van der Waals surface area contributed by atoms with E-state index in [9.17, 15) is 14.0 Å². The van der Waals surface area contributed by atoms with E-state index in [2.05, 4.69) is 10.3 Å². The monoisotopic (exact) mass is 352 g/mol. The van der Waals surface area contributed by atoms with Crippen molar-refractivity contribution in [2.45, 2.75) is 19.4 Å². The molecule has 1 N–H and O–H groups in total. The molecule has 1 saturated heterocycles. The molecule has 2 aromatic heterocycles. The van der Waals surface area contributed by atoms with Crippen molar-refractivity contribution in [3.05, 3.63) is 65.9 Å². The molecule has 0 bridgehead atoms. The number of fused-ring (bicyclic) bond motifs is 1. The lowest BCUT2D eigenvalue weighted by Crippen LogP contribution is -2.37. The number of amides is 2. The first-order valence-electron chi connectivity index (χ1n) is 8.32. The predicted octanol–water partition coefficient (Wildman–Crippen LogP) is 2.32. The second kappa shape index (κ2) is 6.25. The molecular formula is C19H17FN4O2. The van der Waals surface area contributed by atoms with Crippen LogP contribution in [0, 0.1) is 12.7 Å². The molecule has 2 amide bonds. The Kier molecular flexibility index (Phi) is 3.91. The van der Waals surface area contributed by atoms with E-state index in [1.165, 1.54) is 12.1 Å². The molecule has 1 aromatic carbocycles. The van der Waals surface area contributed by atoms with E-state index in [0.29, 0.717) is 17.9 Å². The number of halogens is 1. The number of carbonyl (C=O) groups is 2. The molecule has 0 radical (unpaired) electrons. The van der Waals surface area contributed by atoms with Crippen LogP contribution in [0.1, 0.15) is 22.5 Å². The first-order chi connectivity index (χ1) is 12.5. The summed E-state index contributed by atoms with van der Waals surface area (Å²) in [4.78, 5) is 30.7. The maximum absolute atomic E-state index is 13.1. The van der Waals surface area contributed by atoms with Crippen LogP contribution in [0.5, 0.6) is 0 Å². The molecule has 1 unspecified atom stereocenters. The molecule has 0 spiro atoms. The summed E-state index contributed by atoms with van der Waals surface area (Å²) in [5, 5.41) is 2.87. The van der Waals surface area contributed by atoms with Gasteiger partial charge < -0.3 is 14.6 Å². The molecule has 1 fully saturated rings. The number of aryl methyl sites for hydroxylation is 1. The lowest BCUT2D eigenvalue weighted by atomic mass is 10.2. The van der Waals surface area contributed by atoms with Crippen molar-refractivity contribution in [3.63, 3.8) is 0 Å². The normalized spacial score (nSPS) is 17.1. The lowest BCUT2D eigenvalue weighted by Gasteiger charge is -2.17. The van der Waals surface area contributed by atoms with Crippen LogP contribution in [-0.4, -0.2) is 33.8 Å². The van der Waals surface area contributed by atoms with Gasteiger partial charge in [0.2, 0.25) is 5.91 Å². The summed E-state index contributed by atoms with van der Waals surface area (Å²) in [5.74, 6) is -0.771. The van der Waals surface area contributed by atoms with Crippen molar-refractivity contribution >= 4 is 23.1 Å². The van der Waals surface area contributed by atoms with Gasteiger partial charge in [-0.15, -0.1) is 0 Å². The van der Waals surface area contributed by atoms with Crippen molar-refractivity contribution < 1.29 is 14.0 Å². The van der Waals surface area contributed by atoms with Gasteiger partial charge in [0, 0.05) is 31.0 Å². The summed E-state index contributed by atoms with van der Waals surface area (Å²) < 4.78 is 14.9. The van der Waals surface area contributed by atoms with E-state index >= 15 is 0 Å². The SMILES string of the molecule is Cc1cccn2cc(C(=O)NC3CC(=O)N(c4ccc(F)cc4)C3)nc12. The first kappa shape index (κ1) is 16.3. The number of nitrogens with one attached hydrogen (secondary N) is 1. The van der Waals surface area contributed by atoms with Crippen LogP contribution in [-0.2, 0) is 4.79 Å². The highest BCUT2D eigenvalue weighted by Crippen LogP contribution is 2.22. The van der Waals surface area contributed by atoms with Gasteiger partial charge in [-0.25, -0.2) is 9.37 Å². The smallest absolute Gasteiger partial charge is 0.271 e. The molecule has 1 aliphatic rings. The Labute approximate surface area is 149 Å². The number of rotatable bonds is 3. The molecule has 3 heterocycles. The standard InChI is InChI=1S/C19H17FN4O2/c1-12-3-2-8-23-11-16(22-18(12)23)19(26)21-14-9-17(25)24(10-14)15-6-4-13(20)5-7-15/h2-8,11,14H,9-10H2,1H3,(H,21,26). The fraction of sp³-hybridized carbons (Fsp3) is 0.211. The van der Waals surface area contributed by atoms with Gasteiger partial charge in [-0.3, -0.25) is 9.59 Å². The number of pyridine rings is 1. The Morgan fingerprint density at radius 1 is 1.27 bits per heavy atom. The van der Waals surface area contributed by atoms with Gasteiger partial charge in [0.25, 0.3) is 5.91 Å². The topological polar surface area (TPSA) is 66.7 Å². The summed E-state index contributed by atoms with van der Waals surface area (Å²) in [5.41, 5.74) is 2.64. The number of hydrogen-bond acceptors (Lipinski definition) is 3. The Morgan fingerprint density at radius 2 is 2.04 bits per heavy atom. The molecule has 132 valence electrons. The van der Waals surface area contributed by atoms with Gasteiger partial charge >= 0.3 is 0 Å². The summed E-state index contributed by atoms with van der Waals surface area (Å²) in [6, 6.07) is 9.25. The van der Waals surface area contributed by atoms with Crippen LogP contribution in [0.15, 0.2) is 48.8 Å². The Balaban J connectivity index is 1.48. The highest BCUT2D eigenvalue weighted by atomic mass is 19.1. The quantitative estimate of drug-likeness (QED) is 0.787. The summed E-state index contributed by atoms with van der Waals surface area (Å²) in [6.45, 7) is 2.28. The van der Waals surface area contributed by atoms with Crippen LogP contribution in [0.2, 0.25) is 0 Å². The summed E-state index contributed by atoms with van der Waals surface area (Å²) >= 11 is 0. The van der Waals surface area contributed by atoms with Crippen molar-refractivity contribution in [3.8, 4) is 0 Å². The number of imidazole rings is 1. The van der Waals surface area contributed by atoms with E-state index < -0.39 is 0 Å². The van der Waals surface area contributed by atoms with E-state index in [1.54, 1.807) is 27.6 Å². The van der Waals surface area contributed by atoms with Gasteiger partial charge in [-0.1, -0.05) is 6.07 Å². The number of benzene rings is 1. The minimum absolute atomic E-state index is 0.104. The number of nitrogens with zero attached hydrogens (tertiary/aromatic N) is 3. The molecule has 0 saturated carbocycles. The van der Waals surface area contributed by atoms with Crippen LogP contribution in [0.3, 0.4) is 0 Å². The van der Waals surface area contributed by atoms with E-state index in [-0.39, 0.29) is 30.1 Å². The lowest BCUT2D eigenvalue weighted by molar-refractivity contribution is -0.117. The Bertz CT molecular complexity index is 996. The van der Waals surface area contributed by atoms with Crippen LogP contribution in [0.4, 0.5) is 10.1 Å². The van der Waals surface area contributed by atoms with Crippen LogP contribution >= 0.6 is 0 Å². The van der Waals surface area contributed by atoms with Gasteiger partial charge in [0.15, 0.2) is 0 Å². The average molecular weight is 352 g/mol. The third-order valence-electron chi connectivity index (χ3n) is 4.51. The van der Waals surface area contributed by atoms with E-state index in [4.69, 9.17) is 0 Å². The Morgan fingerprint density at radius 3 is 2.77 bits per heavy atom. The number of anilines is 1. The first-order valence-corrected chi connectivity index (χ1v) is 8.32. The molecule has 6 nitrogen and oxygen atoms in total. The maximum Gasteiger partial charge on any atom is 0.271 e. The zero-order chi connectivity index (χ0) is 18.3. The van der Waals surface area contributed by atoms with Crippen LogP contribution in [0.25, 0.3) is 5.65 Å². The molecule has 1 atom stereocenters. The van der Waals surface area contributed by atoms with Crippen molar-refractivity contribution in [1.82, 2.24) is 14.7 Å². The molecule has 7 heteroatoms. The predicted molar refractivity (Wildman–Crippen MR) is 94.6 cm³/mol. The van der Waals surface area contributed by atoms with Crippen molar-refractivity contribution in [2.75, 3.05) is 11.4 Å². The Hall–Kier alpha value is -3.22. The molecular weight excluding hydrogens is 335 g/mol. The minimum atomic E-state index is -0.354. The summed E-state index contributed by atoms with van der Waals surface area (Å²) in [6.07, 6.45) is 3.71. The zero-order valence-electron chi connectivity index (χ0n) is 14.1. The van der Waals surface area contributed by atoms with Crippen LogP contribution < -0.4 is 10.2 Å². The number of carbonyl (C=O) groups excluding carboxylic acids is 2. The van der Waals surface area contributed by atoms with Gasteiger partial charge in [0.05, 0.1) is 6.04 Å². The van der Waals surface area contributed by atoms with Crippen molar-refractivity contribution in [1.29, 1.82) is 0 Å². The number of aromatic nitrogens is 2. The maximum atomic E-state index is 13.1. The van der Waals surface area contributed by atoms with Gasteiger partial charge in [0.1, 0.15) is 17.2 Å². The third-order valence-corrected chi connectivity index (χ3v) is 4.51. The van der Waals surface area contributed by atoms with Crippen molar-refractivity contribution in [2.24, 2.45) is 0 Å². The van der Waals surface area contributed by atoms with Gasteiger partial charge in [-0.2, -0.15) is 0 Å². The van der Waals surface area contributed by atoms with E-state index in [0.717, 1.165) is 11.2 Å². The fourth-order valence-electron chi connectivity index (χ4n) is 3.20. The molecule has 3 aromatic rings. The van der Waals surface area contributed by atoms with Gasteiger partial charge in [-0.05, 0) is 42.8 Å². The number of hydrogen-bond donors (Lipinski definition) is 1. The fourth-order valence-corrected chi connectivity index (χ4v) is 3.20. The molecule has 4 rings (SSSR count). The molecule has 26 heavy (non-hydrogen) atoms. The minimum Gasteiger partial charge on any atom is -0.346 e. The molecule has 0 aliphatic carbocycles. The second-order valence-electron chi connectivity index (χ2n) is 6.40. The second-order valence-corrected chi connectivity index (χ2v) is 6.40. The highest BCUT2D eigenvalue weighted by Gasteiger charge is 2.32. The highest BCUT2D eigenvalue weighted by molar-refractivity contribution is 5.98. The molecule has 1 aliphatic heterocycles. The van der Waals surface area contributed by atoms with E-state index in [1.807, 2.05) is 25.3 Å². The average Bonchev–Trinajstić information content (AvgIpc) is 3.20. The largest absolute Gasteiger partial charge is 0.346 e. The zero-order valence-corrected chi connectivity index (χ0v) is 14.1. The summed E-state index contributed by atoms with van der Waals surface area (Å²) in [7, 11) is 0.